The quantitative estimate of drug-likeness (QED) is 0.791. The van der Waals surface area contributed by atoms with Crippen molar-refractivity contribution in [1.29, 1.82) is 5.26 Å². The van der Waals surface area contributed by atoms with Crippen LogP contribution in [0.25, 0.3) is 0 Å². The Hall–Kier alpha value is -1.31. The van der Waals surface area contributed by atoms with Crippen LogP contribution < -0.4 is 4.74 Å². The Morgan fingerprint density at radius 1 is 1.39 bits per heavy atom. The largest absolute Gasteiger partial charge is 0.453 e. The highest BCUT2D eigenvalue weighted by Gasteiger charge is 2.17. The van der Waals surface area contributed by atoms with Crippen LogP contribution in [0.1, 0.15) is 12.0 Å². The summed E-state index contributed by atoms with van der Waals surface area (Å²) in [6.45, 7) is 0. The van der Waals surface area contributed by atoms with Gasteiger partial charge in [-0.25, -0.2) is 4.39 Å². The number of ether oxygens (including phenoxy) is 1. The molecule has 1 aromatic rings. The fourth-order valence-corrected chi connectivity index (χ4v) is 2.15. The van der Waals surface area contributed by atoms with E-state index in [1.807, 2.05) is 6.07 Å². The molecule has 0 N–H and O–H groups in total. The molecule has 0 saturated carbocycles. The van der Waals surface area contributed by atoms with E-state index in [9.17, 15) is 4.39 Å². The standard InChI is InChI=1S/C13H7BrClFNO/c14-11-2-1-3-12(16)13(11)18-10-5-8(7-17)4-9(15)6-10/h2-6H,1H2. The first-order chi connectivity index (χ1) is 8.60. The molecule has 18 heavy (non-hydrogen) atoms. The van der Waals surface area contributed by atoms with Crippen LogP contribution in [-0.4, -0.2) is 0 Å². The number of allylic oxidation sites excluding steroid dienone is 3. The van der Waals surface area contributed by atoms with E-state index in [2.05, 4.69) is 15.9 Å². The summed E-state index contributed by atoms with van der Waals surface area (Å²) in [6, 6.07) is 6.50. The van der Waals surface area contributed by atoms with E-state index in [-0.39, 0.29) is 5.76 Å². The highest BCUT2D eigenvalue weighted by Crippen LogP contribution is 2.32. The average molecular weight is 328 g/mol. The van der Waals surface area contributed by atoms with Gasteiger partial charge >= 0.3 is 0 Å². The van der Waals surface area contributed by atoms with Crippen LogP contribution in [0, 0.1) is 17.8 Å². The summed E-state index contributed by atoms with van der Waals surface area (Å²) in [5.41, 5.74) is 0.360. The average Bonchev–Trinajstić information content (AvgIpc) is 2.33. The lowest BCUT2D eigenvalue weighted by Crippen LogP contribution is -2.03. The Morgan fingerprint density at radius 3 is 2.83 bits per heavy atom. The number of nitriles is 1. The zero-order valence-electron chi connectivity index (χ0n) is 9.08. The minimum atomic E-state index is -0.442. The Morgan fingerprint density at radius 2 is 2.17 bits per heavy atom. The fraction of sp³-hybridized carbons (Fsp3) is 0.0769. The summed E-state index contributed by atoms with van der Waals surface area (Å²) in [4.78, 5) is 0. The second-order valence-electron chi connectivity index (χ2n) is 3.56. The van der Waals surface area contributed by atoms with Crippen LogP contribution in [0.15, 0.2) is 40.3 Å². The molecule has 1 aliphatic carbocycles. The molecule has 0 amide bonds. The topological polar surface area (TPSA) is 33.0 Å². The lowest BCUT2D eigenvalue weighted by molar-refractivity contribution is 0.411. The fourth-order valence-electron chi connectivity index (χ4n) is 1.47. The zero-order chi connectivity index (χ0) is 13.1. The summed E-state index contributed by atoms with van der Waals surface area (Å²) in [6.07, 6.45) is 3.71. The molecule has 1 radical (unpaired) electrons. The van der Waals surface area contributed by atoms with Gasteiger partial charge in [0.2, 0.25) is 0 Å². The number of halogens is 3. The molecule has 91 valence electrons. The predicted molar refractivity (Wildman–Crippen MR) is 70.9 cm³/mol. The first kappa shape index (κ1) is 13.1. The third-order valence-electron chi connectivity index (χ3n) is 2.25. The van der Waals surface area contributed by atoms with Gasteiger partial charge in [-0.15, -0.1) is 0 Å². The third-order valence-corrected chi connectivity index (χ3v) is 3.15. The summed E-state index contributed by atoms with van der Waals surface area (Å²) in [5, 5.41) is 9.18. The van der Waals surface area contributed by atoms with Crippen molar-refractivity contribution in [3.63, 3.8) is 0 Å². The SMILES string of the molecule is N#Cc1cc(Cl)cc(OC2=C(F)[CH]CC=C2Br)c1. The lowest BCUT2D eigenvalue weighted by Gasteiger charge is -2.14. The number of hydrogen-bond acceptors (Lipinski definition) is 2. The molecule has 0 unspecified atom stereocenters. The molecule has 1 aromatic carbocycles. The van der Waals surface area contributed by atoms with Crippen molar-refractivity contribution < 1.29 is 9.13 Å². The van der Waals surface area contributed by atoms with Gasteiger partial charge in [-0.3, -0.25) is 0 Å². The summed E-state index contributed by atoms with van der Waals surface area (Å²) in [7, 11) is 0. The second kappa shape index (κ2) is 5.55. The van der Waals surface area contributed by atoms with Gasteiger partial charge in [0.15, 0.2) is 5.76 Å². The lowest BCUT2D eigenvalue weighted by atomic mass is 10.1. The van der Waals surface area contributed by atoms with Crippen molar-refractivity contribution >= 4 is 27.5 Å². The molecule has 0 heterocycles. The first-order valence-corrected chi connectivity index (χ1v) is 6.25. The molecule has 0 aliphatic heterocycles. The Kier molecular flexibility index (Phi) is 4.05. The van der Waals surface area contributed by atoms with Crippen molar-refractivity contribution in [2.24, 2.45) is 0 Å². The van der Waals surface area contributed by atoms with Crippen molar-refractivity contribution in [2.75, 3.05) is 0 Å². The maximum Gasteiger partial charge on any atom is 0.172 e. The monoisotopic (exact) mass is 326 g/mol. The molecule has 5 heteroatoms. The van der Waals surface area contributed by atoms with Crippen LogP contribution in [0.4, 0.5) is 4.39 Å². The molecule has 1 aliphatic rings. The molecule has 0 fully saturated rings. The van der Waals surface area contributed by atoms with E-state index in [4.69, 9.17) is 21.6 Å². The van der Waals surface area contributed by atoms with Crippen molar-refractivity contribution in [2.45, 2.75) is 6.42 Å². The normalized spacial score (nSPS) is 15.1. The molecule has 2 nitrogen and oxygen atoms in total. The number of hydrogen-bond donors (Lipinski definition) is 0. The Labute approximate surface area is 117 Å². The number of benzene rings is 1. The van der Waals surface area contributed by atoms with E-state index in [0.717, 1.165) is 0 Å². The van der Waals surface area contributed by atoms with Crippen molar-refractivity contribution in [3.8, 4) is 11.8 Å². The molecular weight excluding hydrogens is 321 g/mol. The van der Waals surface area contributed by atoms with Crippen molar-refractivity contribution in [3.05, 3.63) is 57.4 Å². The minimum absolute atomic E-state index is 0.0902. The predicted octanol–water partition coefficient (Wildman–Crippen LogP) is 4.66. The maximum atomic E-state index is 13.6. The highest BCUT2D eigenvalue weighted by atomic mass is 79.9. The van der Waals surface area contributed by atoms with Crippen LogP contribution >= 0.6 is 27.5 Å². The summed E-state index contributed by atoms with van der Waals surface area (Å²) >= 11 is 9.07. The van der Waals surface area contributed by atoms with Gasteiger partial charge in [-0.1, -0.05) is 17.7 Å². The van der Waals surface area contributed by atoms with Crippen LogP contribution in [0.3, 0.4) is 0 Å². The van der Waals surface area contributed by atoms with Crippen LogP contribution in [0.5, 0.6) is 5.75 Å². The van der Waals surface area contributed by atoms with Gasteiger partial charge < -0.3 is 4.74 Å². The minimum Gasteiger partial charge on any atom is -0.453 e. The van der Waals surface area contributed by atoms with Gasteiger partial charge in [0.1, 0.15) is 11.6 Å². The van der Waals surface area contributed by atoms with Crippen molar-refractivity contribution in [1.82, 2.24) is 0 Å². The third kappa shape index (κ3) is 2.92. The van der Waals surface area contributed by atoms with E-state index in [1.54, 1.807) is 6.08 Å². The smallest absolute Gasteiger partial charge is 0.172 e. The summed E-state index contributed by atoms with van der Waals surface area (Å²) in [5.74, 6) is -0.0277. The number of nitrogens with zero attached hydrogens (tertiary/aromatic N) is 1. The van der Waals surface area contributed by atoms with E-state index in [0.29, 0.717) is 27.2 Å². The Balaban J connectivity index is 2.32. The van der Waals surface area contributed by atoms with E-state index < -0.39 is 5.83 Å². The van der Waals surface area contributed by atoms with Gasteiger partial charge in [0, 0.05) is 11.4 Å². The number of rotatable bonds is 2. The van der Waals surface area contributed by atoms with Crippen LogP contribution in [0.2, 0.25) is 5.02 Å². The Bertz CT molecular complexity index is 589. The molecule has 2 rings (SSSR count). The molecule has 0 saturated heterocycles. The molecule has 0 bridgehead atoms. The first-order valence-electron chi connectivity index (χ1n) is 5.07. The molecule has 0 aromatic heterocycles. The van der Waals surface area contributed by atoms with Gasteiger partial charge in [0.05, 0.1) is 16.1 Å². The zero-order valence-corrected chi connectivity index (χ0v) is 11.4. The van der Waals surface area contributed by atoms with Gasteiger partial charge in [-0.05, 0) is 40.5 Å². The van der Waals surface area contributed by atoms with Gasteiger partial charge in [-0.2, -0.15) is 5.26 Å². The van der Waals surface area contributed by atoms with Gasteiger partial charge in [0.25, 0.3) is 0 Å². The molecule has 0 spiro atoms. The maximum absolute atomic E-state index is 13.6. The van der Waals surface area contributed by atoms with E-state index >= 15 is 0 Å². The highest BCUT2D eigenvalue weighted by molar-refractivity contribution is 9.11. The molecule has 0 atom stereocenters. The molecular formula is C13H7BrClFNO. The van der Waals surface area contributed by atoms with E-state index in [1.165, 1.54) is 24.6 Å². The van der Waals surface area contributed by atoms with Crippen LogP contribution in [-0.2, 0) is 0 Å². The second-order valence-corrected chi connectivity index (χ2v) is 4.85. The summed E-state index contributed by atoms with van der Waals surface area (Å²) < 4.78 is 19.6.